The van der Waals surface area contributed by atoms with Gasteiger partial charge in [-0.05, 0) is 25.5 Å². The van der Waals surface area contributed by atoms with E-state index in [4.69, 9.17) is 0 Å². The van der Waals surface area contributed by atoms with Crippen LogP contribution in [-0.2, 0) is 0 Å². The van der Waals surface area contributed by atoms with Gasteiger partial charge < -0.3 is 4.90 Å². The van der Waals surface area contributed by atoms with Gasteiger partial charge in [0.1, 0.15) is 11.4 Å². The largest absolute Gasteiger partial charge is 0.339 e. The molecule has 0 heterocycles. The van der Waals surface area contributed by atoms with Crippen molar-refractivity contribution in [2.24, 2.45) is 0 Å². The Labute approximate surface area is 104 Å². The number of halogens is 1. The second-order valence-corrected chi connectivity index (χ2v) is 4.09. The molecule has 1 rings (SSSR count). The molecule has 98 valence electrons. The van der Waals surface area contributed by atoms with E-state index in [9.17, 15) is 19.3 Å². The highest BCUT2D eigenvalue weighted by atomic mass is 19.1. The summed E-state index contributed by atoms with van der Waals surface area (Å²) in [5.41, 5.74) is -0.598. The van der Waals surface area contributed by atoms with Crippen LogP contribution in [0, 0.1) is 15.9 Å². The molecule has 1 amide bonds. The molecule has 0 aliphatic heterocycles. The summed E-state index contributed by atoms with van der Waals surface area (Å²) in [4.78, 5) is 23.6. The van der Waals surface area contributed by atoms with Gasteiger partial charge in [-0.25, -0.2) is 4.39 Å². The maximum atomic E-state index is 13.1. The maximum absolute atomic E-state index is 13.1. The van der Waals surface area contributed by atoms with Crippen molar-refractivity contribution < 1.29 is 14.1 Å². The van der Waals surface area contributed by atoms with E-state index in [0.717, 1.165) is 18.2 Å². The average Bonchev–Trinajstić information content (AvgIpc) is 2.35. The van der Waals surface area contributed by atoms with Crippen molar-refractivity contribution in [3.8, 4) is 0 Å². The molecule has 0 fully saturated rings. The van der Waals surface area contributed by atoms with Crippen molar-refractivity contribution in [3.63, 3.8) is 0 Å². The Kier molecular flexibility index (Phi) is 4.36. The molecule has 0 bridgehead atoms. The molecule has 0 aliphatic carbocycles. The number of nitrogens with zero attached hydrogens (tertiary/aromatic N) is 2. The van der Waals surface area contributed by atoms with Crippen LogP contribution in [0.3, 0.4) is 0 Å². The zero-order valence-corrected chi connectivity index (χ0v) is 10.5. The minimum absolute atomic E-state index is 0.0691. The normalized spacial score (nSPS) is 12.0. The first kappa shape index (κ1) is 14.1. The molecule has 0 radical (unpaired) electrons. The number of carbonyl (C=O) groups is 1. The van der Waals surface area contributed by atoms with Gasteiger partial charge in [0.2, 0.25) is 0 Å². The minimum Gasteiger partial charge on any atom is -0.339 e. The summed E-state index contributed by atoms with van der Waals surface area (Å²) < 4.78 is 13.1. The first-order valence-corrected chi connectivity index (χ1v) is 5.59. The lowest BCUT2D eigenvalue weighted by atomic mass is 10.1. The fourth-order valence-electron chi connectivity index (χ4n) is 1.50. The molecule has 1 unspecified atom stereocenters. The monoisotopic (exact) mass is 254 g/mol. The molecule has 0 N–H and O–H groups in total. The standard InChI is InChI=1S/C12H15FN2O3/c1-4-8(2)14(3)12(16)10-7-9(13)5-6-11(10)15(17)18/h5-8H,4H2,1-3H3. The number of amides is 1. The summed E-state index contributed by atoms with van der Waals surface area (Å²) in [7, 11) is 1.55. The smallest absolute Gasteiger partial charge is 0.282 e. The Bertz CT molecular complexity index is 476. The molecular formula is C12H15FN2O3. The highest BCUT2D eigenvalue weighted by Gasteiger charge is 2.25. The molecule has 1 atom stereocenters. The van der Waals surface area contributed by atoms with Crippen LogP contribution in [0.4, 0.5) is 10.1 Å². The molecule has 0 saturated carbocycles. The van der Waals surface area contributed by atoms with E-state index in [2.05, 4.69) is 0 Å². The third kappa shape index (κ3) is 2.82. The van der Waals surface area contributed by atoms with Gasteiger partial charge in [0.15, 0.2) is 0 Å². The van der Waals surface area contributed by atoms with Gasteiger partial charge >= 0.3 is 0 Å². The summed E-state index contributed by atoms with van der Waals surface area (Å²) in [5, 5.41) is 10.8. The fraction of sp³-hybridized carbons (Fsp3) is 0.417. The molecule has 1 aromatic rings. The van der Waals surface area contributed by atoms with Crippen LogP contribution in [-0.4, -0.2) is 28.8 Å². The van der Waals surface area contributed by atoms with Gasteiger partial charge in [0.25, 0.3) is 11.6 Å². The van der Waals surface area contributed by atoms with Gasteiger partial charge in [0.05, 0.1) is 4.92 Å². The van der Waals surface area contributed by atoms with Gasteiger partial charge in [-0.2, -0.15) is 0 Å². The first-order valence-electron chi connectivity index (χ1n) is 5.59. The van der Waals surface area contributed by atoms with Crippen molar-refractivity contribution in [1.82, 2.24) is 4.90 Å². The summed E-state index contributed by atoms with van der Waals surface area (Å²) in [5.74, 6) is -1.21. The van der Waals surface area contributed by atoms with E-state index in [1.807, 2.05) is 13.8 Å². The summed E-state index contributed by atoms with van der Waals surface area (Å²) in [6.07, 6.45) is 0.714. The second kappa shape index (κ2) is 5.57. The number of hydrogen-bond donors (Lipinski definition) is 0. The Morgan fingerprint density at radius 2 is 2.17 bits per heavy atom. The van der Waals surface area contributed by atoms with E-state index in [-0.39, 0.29) is 17.3 Å². The Hall–Kier alpha value is -1.98. The zero-order chi connectivity index (χ0) is 13.9. The molecule has 0 aliphatic rings. The highest BCUT2D eigenvalue weighted by molar-refractivity contribution is 5.98. The maximum Gasteiger partial charge on any atom is 0.282 e. The lowest BCUT2D eigenvalue weighted by Crippen LogP contribution is -2.35. The van der Waals surface area contributed by atoms with Gasteiger partial charge in [0, 0.05) is 19.2 Å². The number of nitro benzene ring substituents is 1. The van der Waals surface area contributed by atoms with E-state index in [1.54, 1.807) is 7.05 Å². The number of benzene rings is 1. The molecule has 0 aromatic heterocycles. The van der Waals surface area contributed by atoms with Gasteiger partial charge in [-0.15, -0.1) is 0 Å². The van der Waals surface area contributed by atoms with E-state index in [0.29, 0.717) is 6.42 Å². The van der Waals surface area contributed by atoms with E-state index >= 15 is 0 Å². The first-order chi connectivity index (χ1) is 8.38. The average molecular weight is 254 g/mol. The Morgan fingerprint density at radius 1 is 1.56 bits per heavy atom. The molecular weight excluding hydrogens is 239 g/mol. The van der Waals surface area contributed by atoms with Crippen molar-refractivity contribution in [3.05, 3.63) is 39.7 Å². The number of nitro groups is 1. The van der Waals surface area contributed by atoms with Crippen LogP contribution in [0.15, 0.2) is 18.2 Å². The van der Waals surface area contributed by atoms with E-state index in [1.165, 1.54) is 4.90 Å². The fourth-order valence-corrected chi connectivity index (χ4v) is 1.50. The molecule has 0 saturated heterocycles. The third-order valence-corrected chi connectivity index (χ3v) is 2.96. The third-order valence-electron chi connectivity index (χ3n) is 2.96. The van der Waals surface area contributed by atoms with Gasteiger partial charge in [-0.1, -0.05) is 6.92 Å². The molecule has 0 spiro atoms. The quantitative estimate of drug-likeness (QED) is 0.612. The van der Waals surface area contributed by atoms with Crippen LogP contribution >= 0.6 is 0 Å². The lowest BCUT2D eigenvalue weighted by Gasteiger charge is -2.23. The lowest BCUT2D eigenvalue weighted by molar-refractivity contribution is -0.385. The zero-order valence-electron chi connectivity index (χ0n) is 10.5. The Balaban J connectivity index is 3.19. The van der Waals surface area contributed by atoms with E-state index < -0.39 is 16.6 Å². The van der Waals surface area contributed by atoms with Gasteiger partial charge in [-0.3, -0.25) is 14.9 Å². The van der Waals surface area contributed by atoms with Crippen molar-refractivity contribution in [2.45, 2.75) is 26.3 Å². The second-order valence-electron chi connectivity index (χ2n) is 4.09. The van der Waals surface area contributed by atoms with Crippen molar-refractivity contribution in [1.29, 1.82) is 0 Å². The van der Waals surface area contributed by atoms with Crippen LogP contribution in [0.2, 0.25) is 0 Å². The summed E-state index contributed by atoms with van der Waals surface area (Å²) in [6, 6.07) is 2.81. The molecule has 18 heavy (non-hydrogen) atoms. The topological polar surface area (TPSA) is 63.5 Å². The molecule has 6 heteroatoms. The SMILES string of the molecule is CCC(C)N(C)C(=O)c1cc(F)ccc1[N+](=O)[O-]. The highest BCUT2D eigenvalue weighted by Crippen LogP contribution is 2.21. The predicted octanol–water partition coefficient (Wildman–Crippen LogP) is 2.60. The summed E-state index contributed by atoms with van der Waals surface area (Å²) in [6.45, 7) is 3.72. The minimum atomic E-state index is -0.683. The van der Waals surface area contributed by atoms with Crippen LogP contribution < -0.4 is 0 Å². The predicted molar refractivity (Wildman–Crippen MR) is 64.9 cm³/mol. The molecule has 1 aromatic carbocycles. The Morgan fingerprint density at radius 3 is 2.67 bits per heavy atom. The number of hydrogen-bond acceptors (Lipinski definition) is 3. The summed E-state index contributed by atoms with van der Waals surface area (Å²) >= 11 is 0. The molecule has 5 nitrogen and oxygen atoms in total. The number of carbonyl (C=O) groups excluding carboxylic acids is 1. The van der Waals surface area contributed by atoms with Crippen LogP contribution in [0.1, 0.15) is 30.6 Å². The van der Waals surface area contributed by atoms with Crippen molar-refractivity contribution in [2.75, 3.05) is 7.05 Å². The van der Waals surface area contributed by atoms with Crippen LogP contribution in [0.5, 0.6) is 0 Å². The van der Waals surface area contributed by atoms with Crippen molar-refractivity contribution >= 4 is 11.6 Å². The number of rotatable bonds is 4. The van der Waals surface area contributed by atoms with Crippen LogP contribution in [0.25, 0.3) is 0 Å².